The topological polar surface area (TPSA) is 81.1 Å². The molecule has 2 aromatic carbocycles. The lowest BCUT2D eigenvalue weighted by Gasteiger charge is -2.31. The van der Waals surface area contributed by atoms with Gasteiger partial charge in [-0.15, -0.1) is 0 Å². The number of phenolic OH excluding ortho intramolecular Hbond substituents is 2. The van der Waals surface area contributed by atoms with E-state index in [0.717, 1.165) is 49.5 Å². The molecule has 0 aromatic heterocycles. The molecule has 2 fully saturated rings. The summed E-state index contributed by atoms with van der Waals surface area (Å²) >= 11 is 5.94. The average molecular weight is 415 g/mol. The first-order valence-corrected chi connectivity index (χ1v) is 10.2. The fourth-order valence-electron chi connectivity index (χ4n) is 4.09. The fourth-order valence-corrected chi connectivity index (χ4v) is 4.26. The van der Waals surface area contributed by atoms with Gasteiger partial charge in [-0.25, -0.2) is 0 Å². The zero-order valence-electron chi connectivity index (χ0n) is 16.2. The van der Waals surface area contributed by atoms with Crippen LogP contribution in [0.2, 0.25) is 5.02 Å². The third kappa shape index (κ3) is 3.53. The predicted octanol–water partition coefficient (Wildman–Crippen LogP) is 3.88. The number of carbonyl (C=O) groups is 2. The Hall–Kier alpha value is -2.73. The number of halogens is 1. The molecule has 1 unspecified atom stereocenters. The molecule has 4 rings (SSSR count). The van der Waals surface area contributed by atoms with E-state index in [1.165, 1.54) is 6.07 Å². The number of carbonyl (C=O) groups excluding carboxylic acids is 2. The van der Waals surface area contributed by atoms with Gasteiger partial charge >= 0.3 is 0 Å². The van der Waals surface area contributed by atoms with Crippen molar-refractivity contribution in [3.05, 3.63) is 57.6 Å². The molecule has 2 heterocycles. The van der Waals surface area contributed by atoms with Crippen LogP contribution in [0, 0.1) is 6.92 Å². The van der Waals surface area contributed by atoms with Crippen LogP contribution in [0.5, 0.6) is 11.5 Å². The molecule has 2 aromatic rings. The van der Waals surface area contributed by atoms with Crippen LogP contribution in [-0.2, 0) is 0 Å². The standard InChI is InChI=1S/C22H23ClN2O4/c1-13-10-14(21(28)24-7-3-8-24)5-6-15(13)18-4-2-9-25(18)22(29)16-11-17(23)20(27)12-19(16)26/h5-6,10-12,18,26-27H,2-4,7-9H2,1H3. The van der Waals surface area contributed by atoms with Crippen LogP contribution in [0.1, 0.15) is 57.1 Å². The predicted molar refractivity (Wildman–Crippen MR) is 109 cm³/mol. The molecule has 152 valence electrons. The Kier molecular flexibility index (Phi) is 5.13. The Morgan fingerprint density at radius 1 is 1.00 bits per heavy atom. The van der Waals surface area contributed by atoms with Gasteiger partial charge in [-0.1, -0.05) is 17.7 Å². The minimum atomic E-state index is -0.327. The Labute approximate surface area is 174 Å². The van der Waals surface area contributed by atoms with Gasteiger partial charge in [-0.2, -0.15) is 0 Å². The van der Waals surface area contributed by atoms with E-state index in [1.54, 1.807) is 4.90 Å². The second-order valence-corrected chi connectivity index (χ2v) is 8.10. The van der Waals surface area contributed by atoms with Crippen molar-refractivity contribution < 1.29 is 19.8 Å². The van der Waals surface area contributed by atoms with Crippen molar-refractivity contribution in [3.8, 4) is 11.5 Å². The summed E-state index contributed by atoms with van der Waals surface area (Å²) in [6.07, 6.45) is 2.70. The summed E-state index contributed by atoms with van der Waals surface area (Å²) in [6.45, 7) is 4.14. The first kappa shape index (κ1) is 19.6. The molecule has 2 aliphatic rings. The van der Waals surface area contributed by atoms with E-state index in [-0.39, 0.29) is 39.9 Å². The van der Waals surface area contributed by atoms with E-state index in [9.17, 15) is 19.8 Å². The number of nitrogens with zero attached hydrogens (tertiary/aromatic N) is 2. The van der Waals surface area contributed by atoms with E-state index >= 15 is 0 Å². The number of phenols is 2. The molecule has 2 aliphatic heterocycles. The lowest BCUT2D eigenvalue weighted by Crippen LogP contribution is -2.42. The number of rotatable bonds is 3. The zero-order valence-corrected chi connectivity index (χ0v) is 16.9. The van der Waals surface area contributed by atoms with E-state index in [4.69, 9.17) is 11.6 Å². The maximum Gasteiger partial charge on any atom is 0.258 e. The van der Waals surface area contributed by atoms with E-state index in [2.05, 4.69) is 0 Å². The van der Waals surface area contributed by atoms with Crippen LogP contribution in [0.15, 0.2) is 30.3 Å². The minimum Gasteiger partial charge on any atom is -0.507 e. The number of likely N-dealkylation sites (tertiary alicyclic amines) is 2. The number of aryl methyl sites for hydroxylation is 1. The van der Waals surface area contributed by atoms with E-state index in [1.807, 2.05) is 30.0 Å². The third-order valence-electron chi connectivity index (χ3n) is 5.83. The molecule has 6 nitrogen and oxygen atoms in total. The zero-order chi connectivity index (χ0) is 20.7. The molecule has 0 bridgehead atoms. The maximum atomic E-state index is 13.1. The summed E-state index contributed by atoms with van der Waals surface area (Å²) in [5.74, 6) is -0.840. The molecule has 1 atom stereocenters. The van der Waals surface area contributed by atoms with Crippen molar-refractivity contribution in [1.82, 2.24) is 9.80 Å². The average Bonchev–Trinajstić information content (AvgIpc) is 3.12. The molecule has 29 heavy (non-hydrogen) atoms. The molecular weight excluding hydrogens is 392 g/mol. The van der Waals surface area contributed by atoms with Gasteiger partial charge in [-0.05, 0) is 55.5 Å². The lowest BCUT2D eigenvalue weighted by molar-refractivity contribution is 0.0650. The van der Waals surface area contributed by atoms with Crippen molar-refractivity contribution in [2.75, 3.05) is 19.6 Å². The second kappa shape index (κ2) is 7.59. The van der Waals surface area contributed by atoms with Crippen LogP contribution in [-0.4, -0.2) is 51.5 Å². The second-order valence-electron chi connectivity index (χ2n) is 7.69. The van der Waals surface area contributed by atoms with Gasteiger partial charge in [-0.3, -0.25) is 9.59 Å². The summed E-state index contributed by atoms with van der Waals surface area (Å²) in [7, 11) is 0. The van der Waals surface area contributed by atoms with Crippen LogP contribution in [0.25, 0.3) is 0 Å². The van der Waals surface area contributed by atoms with Crippen LogP contribution >= 0.6 is 11.6 Å². The monoisotopic (exact) mass is 414 g/mol. The van der Waals surface area contributed by atoms with Gasteiger partial charge in [0.25, 0.3) is 11.8 Å². The summed E-state index contributed by atoms with van der Waals surface area (Å²) in [5, 5.41) is 19.8. The molecule has 7 heteroatoms. The first-order valence-electron chi connectivity index (χ1n) is 9.79. The smallest absolute Gasteiger partial charge is 0.258 e. The molecular formula is C22H23ClN2O4. The number of aromatic hydroxyl groups is 2. The number of benzene rings is 2. The summed E-state index contributed by atoms with van der Waals surface area (Å²) in [5.41, 5.74) is 2.71. The van der Waals surface area contributed by atoms with Gasteiger partial charge in [0, 0.05) is 31.3 Å². The van der Waals surface area contributed by atoms with Gasteiger partial charge in [0.1, 0.15) is 11.5 Å². The molecule has 0 spiro atoms. The van der Waals surface area contributed by atoms with Gasteiger partial charge < -0.3 is 20.0 Å². The van der Waals surface area contributed by atoms with E-state index in [0.29, 0.717) is 12.1 Å². The van der Waals surface area contributed by atoms with Crippen LogP contribution in [0.4, 0.5) is 0 Å². The molecule has 2 amide bonds. The third-order valence-corrected chi connectivity index (χ3v) is 6.13. The van der Waals surface area contributed by atoms with E-state index < -0.39 is 0 Å². The molecule has 2 N–H and O–H groups in total. The highest BCUT2D eigenvalue weighted by atomic mass is 35.5. The van der Waals surface area contributed by atoms with Crippen molar-refractivity contribution in [1.29, 1.82) is 0 Å². The summed E-state index contributed by atoms with van der Waals surface area (Å²) in [4.78, 5) is 29.1. The highest BCUT2D eigenvalue weighted by Crippen LogP contribution is 2.38. The van der Waals surface area contributed by atoms with Crippen molar-refractivity contribution in [2.24, 2.45) is 0 Å². The Morgan fingerprint density at radius 2 is 1.76 bits per heavy atom. The summed E-state index contributed by atoms with van der Waals surface area (Å²) < 4.78 is 0. The van der Waals surface area contributed by atoms with Crippen molar-refractivity contribution in [3.63, 3.8) is 0 Å². The Balaban J connectivity index is 1.60. The maximum absolute atomic E-state index is 13.1. The first-order chi connectivity index (χ1) is 13.9. The Bertz CT molecular complexity index is 987. The van der Waals surface area contributed by atoms with Crippen molar-refractivity contribution in [2.45, 2.75) is 32.2 Å². The summed E-state index contributed by atoms with van der Waals surface area (Å²) in [6, 6.07) is 7.91. The molecule has 2 saturated heterocycles. The lowest BCUT2D eigenvalue weighted by atomic mass is 9.96. The largest absolute Gasteiger partial charge is 0.507 e. The Morgan fingerprint density at radius 3 is 2.41 bits per heavy atom. The fraction of sp³-hybridized carbons (Fsp3) is 0.364. The van der Waals surface area contributed by atoms with Crippen molar-refractivity contribution >= 4 is 23.4 Å². The van der Waals surface area contributed by atoms with Crippen LogP contribution < -0.4 is 0 Å². The van der Waals surface area contributed by atoms with Gasteiger partial charge in [0.05, 0.1) is 16.6 Å². The van der Waals surface area contributed by atoms with Gasteiger partial charge in [0.2, 0.25) is 0 Å². The van der Waals surface area contributed by atoms with Gasteiger partial charge in [0.15, 0.2) is 0 Å². The van der Waals surface area contributed by atoms with Crippen LogP contribution in [0.3, 0.4) is 0 Å². The number of hydrogen-bond acceptors (Lipinski definition) is 4. The molecule has 0 saturated carbocycles. The quantitative estimate of drug-likeness (QED) is 0.798. The normalized spacial score (nSPS) is 18.6. The highest BCUT2D eigenvalue weighted by Gasteiger charge is 2.33. The molecule has 0 radical (unpaired) electrons. The molecule has 0 aliphatic carbocycles. The minimum absolute atomic E-state index is 0.0203. The number of hydrogen-bond donors (Lipinski definition) is 2. The number of amides is 2. The highest BCUT2D eigenvalue weighted by molar-refractivity contribution is 6.32. The SMILES string of the molecule is Cc1cc(C(=O)N2CCC2)ccc1C1CCCN1C(=O)c1cc(Cl)c(O)cc1O.